The van der Waals surface area contributed by atoms with Crippen molar-refractivity contribution in [3.05, 3.63) is 12.2 Å². The van der Waals surface area contributed by atoms with Gasteiger partial charge in [0, 0.05) is 0 Å². The zero-order valence-corrected chi connectivity index (χ0v) is 11.1. The van der Waals surface area contributed by atoms with E-state index in [0.717, 1.165) is 23.7 Å². The first kappa shape index (κ1) is 12.8. The highest BCUT2D eigenvalue weighted by atomic mass is 14.4. The first-order valence-electron chi connectivity index (χ1n) is 6.70. The van der Waals surface area contributed by atoms with E-state index in [1.807, 2.05) is 0 Å². The maximum absolute atomic E-state index is 3.99. The molecule has 0 nitrogen and oxygen atoms in total. The van der Waals surface area contributed by atoms with E-state index >= 15 is 0 Å². The zero-order chi connectivity index (χ0) is 11.4. The van der Waals surface area contributed by atoms with Gasteiger partial charge in [-0.3, -0.25) is 0 Å². The molecule has 0 spiro atoms. The fourth-order valence-corrected chi connectivity index (χ4v) is 3.42. The lowest BCUT2D eigenvalue weighted by Gasteiger charge is -2.21. The minimum Gasteiger partial charge on any atom is -0.100 e. The topological polar surface area (TPSA) is 0 Å². The Hall–Kier alpha value is -0.260. The Kier molecular flexibility index (Phi) is 4.89. The molecule has 1 fully saturated rings. The van der Waals surface area contributed by atoms with E-state index < -0.39 is 0 Å². The van der Waals surface area contributed by atoms with E-state index in [4.69, 9.17) is 0 Å². The Labute approximate surface area is 96.2 Å². The number of hydrogen-bond acceptors (Lipinski definition) is 0. The van der Waals surface area contributed by atoms with Crippen molar-refractivity contribution in [3.8, 4) is 0 Å². The normalized spacial score (nSPS) is 35.7. The van der Waals surface area contributed by atoms with Crippen molar-refractivity contribution >= 4 is 0 Å². The summed E-state index contributed by atoms with van der Waals surface area (Å²) in [4.78, 5) is 0. The second-order valence-electron chi connectivity index (χ2n) is 5.75. The molecule has 1 saturated carbocycles. The van der Waals surface area contributed by atoms with Crippen LogP contribution < -0.4 is 0 Å². The van der Waals surface area contributed by atoms with Crippen LogP contribution >= 0.6 is 0 Å². The molecule has 15 heavy (non-hydrogen) atoms. The van der Waals surface area contributed by atoms with Gasteiger partial charge in [-0.15, -0.1) is 6.58 Å². The number of hydrogen-bond donors (Lipinski definition) is 0. The molecule has 3 unspecified atom stereocenters. The van der Waals surface area contributed by atoms with Crippen LogP contribution in [0.4, 0.5) is 0 Å². The predicted molar refractivity (Wildman–Crippen MR) is 68.9 cm³/mol. The lowest BCUT2D eigenvalue weighted by atomic mass is 9.84. The van der Waals surface area contributed by atoms with Crippen LogP contribution in [-0.2, 0) is 0 Å². The third-order valence-electron chi connectivity index (χ3n) is 4.50. The van der Waals surface area contributed by atoms with Crippen LogP contribution in [0.2, 0.25) is 0 Å². The SMILES string of the molecule is C=C(C)CCCC1C[C@@H](C)C(C)C1CC. The van der Waals surface area contributed by atoms with Gasteiger partial charge in [-0.25, -0.2) is 0 Å². The van der Waals surface area contributed by atoms with Gasteiger partial charge in [-0.1, -0.05) is 32.8 Å². The molecule has 0 aromatic heterocycles. The summed E-state index contributed by atoms with van der Waals surface area (Å²) in [5.41, 5.74) is 1.35. The molecule has 0 N–H and O–H groups in total. The molecule has 0 heterocycles. The van der Waals surface area contributed by atoms with Crippen LogP contribution in [0.1, 0.15) is 59.8 Å². The van der Waals surface area contributed by atoms with E-state index in [-0.39, 0.29) is 0 Å². The molecule has 0 radical (unpaired) electrons. The van der Waals surface area contributed by atoms with Gasteiger partial charge < -0.3 is 0 Å². The number of allylic oxidation sites excluding steroid dienone is 1. The second-order valence-corrected chi connectivity index (χ2v) is 5.75. The van der Waals surface area contributed by atoms with Gasteiger partial charge in [0.15, 0.2) is 0 Å². The lowest BCUT2D eigenvalue weighted by Crippen LogP contribution is -2.13. The molecule has 0 bridgehead atoms. The van der Waals surface area contributed by atoms with E-state index in [0.29, 0.717) is 0 Å². The van der Waals surface area contributed by atoms with Crippen LogP contribution in [-0.4, -0.2) is 0 Å². The summed E-state index contributed by atoms with van der Waals surface area (Å²) in [6.07, 6.45) is 6.87. The van der Waals surface area contributed by atoms with Crippen molar-refractivity contribution in [3.63, 3.8) is 0 Å². The molecule has 0 aliphatic heterocycles. The van der Waals surface area contributed by atoms with E-state index in [1.165, 1.54) is 37.7 Å². The van der Waals surface area contributed by atoms with Crippen LogP contribution in [0.25, 0.3) is 0 Å². The van der Waals surface area contributed by atoms with Crippen molar-refractivity contribution in [2.24, 2.45) is 23.7 Å². The van der Waals surface area contributed by atoms with Gasteiger partial charge in [-0.2, -0.15) is 0 Å². The average molecular weight is 208 g/mol. The third-order valence-corrected chi connectivity index (χ3v) is 4.50. The van der Waals surface area contributed by atoms with Crippen LogP contribution in [0, 0.1) is 23.7 Å². The standard InChI is InChI=1S/C15H28/c1-6-15-13(5)12(4)10-14(15)9-7-8-11(2)3/h12-15H,2,6-10H2,1,3-5H3/t12-,13?,14?,15?/m1/s1. The highest BCUT2D eigenvalue weighted by Gasteiger charge is 2.36. The third kappa shape index (κ3) is 3.36. The molecule has 1 aliphatic rings. The highest BCUT2D eigenvalue weighted by molar-refractivity contribution is 4.90. The van der Waals surface area contributed by atoms with Crippen molar-refractivity contribution < 1.29 is 0 Å². The molecule has 0 aromatic rings. The fraction of sp³-hybridized carbons (Fsp3) is 0.867. The van der Waals surface area contributed by atoms with Gasteiger partial charge in [0.05, 0.1) is 0 Å². The first-order valence-corrected chi connectivity index (χ1v) is 6.70. The van der Waals surface area contributed by atoms with Crippen molar-refractivity contribution in [2.75, 3.05) is 0 Å². The van der Waals surface area contributed by atoms with Gasteiger partial charge in [0.2, 0.25) is 0 Å². The maximum Gasteiger partial charge on any atom is -0.0326 e. The van der Waals surface area contributed by atoms with Crippen LogP contribution in [0.15, 0.2) is 12.2 Å². The second kappa shape index (κ2) is 5.72. The van der Waals surface area contributed by atoms with Crippen molar-refractivity contribution in [1.29, 1.82) is 0 Å². The Morgan fingerprint density at radius 1 is 1.33 bits per heavy atom. The summed E-state index contributed by atoms with van der Waals surface area (Å²) >= 11 is 0. The Balaban J connectivity index is 2.37. The van der Waals surface area contributed by atoms with Gasteiger partial charge >= 0.3 is 0 Å². The first-order chi connectivity index (χ1) is 7.06. The molecule has 0 amide bonds. The van der Waals surface area contributed by atoms with E-state index in [1.54, 1.807) is 0 Å². The summed E-state index contributed by atoms with van der Waals surface area (Å²) in [6.45, 7) is 13.4. The Morgan fingerprint density at radius 3 is 2.53 bits per heavy atom. The molecule has 88 valence electrons. The Morgan fingerprint density at radius 2 is 2.00 bits per heavy atom. The molecule has 1 rings (SSSR count). The van der Waals surface area contributed by atoms with E-state index in [2.05, 4.69) is 34.3 Å². The minimum absolute atomic E-state index is 0.949. The van der Waals surface area contributed by atoms with Crippen LogP contribution in [0.5, 0.6) is 0 Å². The molecule has 0 saturated heterocycles. The average Bonchev–Trinajstić information content (AvgIpc) is 2.42. The highest BCUT2D eigenvalue weighted by Crippen LogP contribution is 2.45. The summed E-state index contributed by atoms with van der Waals surface area (Å²) in [5.74, 6) is 3.89. The summed E-state index contributed by atoms with van der Waals surface area (Å²) in [6, 6.07) is 0. The van der Waals surface area contributed by atoms with Gasteiger partial charge in [-0.05, 0) is 56.3 Å². The monoisotopic (exact) mass is 208 g/mol. The quantitative estimate of drug-likeness (QED) is 0.555. The molecule has 4 atom stereocenters. The zero-order valence-electron chi connectivity index (χ0n) is 11.1. The maximum atomic E-state index is 3.99. The largest absolute Gasteiger partial charge is 0.100 e. The predicted octanol–water partition coefficient (Wildman–Crippen LogP) is 5.05. The minimum atomic E-state index is 0.949. The molecule has 0 heteroatoms. The van der Waals surface area contributed by atoms with Gasteiger partial charge in [0.1, 0.15) is 0 Å². The lowest BCUT2D eigenvalue weighted by molar-refractivity contribution is 0.287. The summed E-state index contributed by atoms with van der Waals surface area (Å²) in [7, 11) is 0. The summed E-state index contributed by atoms with van der Waals surface area (Å²) < 4.78 is 0. The number of rotatable bonds is 5. The molecular weight excluding hydrogens is 180 g/mol. The molecule has 0 aromatic carbocycles. The van der Waals surface area contributed by atoms with Crippen molar-refractivity contribution in [1.82, 2.24) is 0 Å². The van der Waals surface area contributed by atoms with E-state index in [9.17, 15) is 0 Å². The Bertz CT molecular complexity index is 204. The van der Waals surface area contributed by atoms with Gasteiger partial charge in [0.25, 0.3) is 0 Å². The summed E-state index contributed by atoms with van der Waals surface area (Å²) in [5, 5.41) is 0. The van der Waals surface area contributed by atoms with Crippen molar-refractivity contribution in [2.45, 2.75) is 59.8 Å². The van der Waals surface area contributed by atoms with Crippen LogP contribution in [0.3, 0.4) is 0 Å². The molecular formula is C15H28. The smallest absolute Gasteiger partial charge is 0.0326 e. The fourth-order valence-electron chi connectivity index (χ4n) is 3.42. The molecule has 1 aliphatic carbocycles.